The van der Waals surface area contributed by atoms with Gasteiger partial charge < -0.3 is 5.73 Å². The molecule has 2 aromatic rings. The Bertz CT molecular complexity index is 523. The molecule has 0 aliphatic carbocycles. The van der Waals surface area contributed by atoms with Crippen molar-refractivity contribution in [2.24, 2.45) is 0 Å². The second kappa shape index (κ2) is 4.65. The van der Waals surface area contributed by atoms with Crippen LogP contribution in [-0.2, 0) is 0 Å². The van der Waals surface area contributed by atoms with Crippen molar-refractivity contribution in [1.29, 1.82) is 0 Å². The molecule has 0 aromatic heterocycles. The first-order valence-corrected chi connectivity index (χ1v) is 5.91. The van der Waals surface area contributed by atoms with Gasteiger partial charge >= 0.3 is 0 Å². The monoisotopic (exact) mass is 323 g/mol. The number of nitrogens with two attached hydrogens (primary N) is 1. The summed E-state index contributed by atoms with van der Waals surface area (Å²) in [4.78, 5) is 12.1. The number of halogens is 1. The first kappa shape index (κ1) is 11.1. The van der Waals surface area contributed by atoms with E-state index in [-0.39, 0.29) is 5.78 Å². The molecule has 0 atom stereocenters. The highest BCUT2D eigenvalue weighted by atomic mass is 127. The van der Waals surface area contributed by atoms with Gasteiger partial charge in [0.2, 0.25) is 0 Å². The smallest absolute Gasteiger partial charge is 0.195 e. The molecule has 2 rings (SSSR count). The van der Waals surface area contributed by atoms with Gasteiger partial charge in [0.05, 0.1) is 0 Å². The third kappa shape index (κ3) is 2.24. The summed E-state index contributed by atoms with van der Waals surface area (Å²) in [6, 6.07) is 14.6. The van der Waals surface area contributed by atoms with E-state index in [0.717, 1.165) is 3.57 Å². The molecule has 2 N–H and O–H groups in total. The SMILES string of the molecule is Nc1cc(I)ccc1C(=O)c1ccccc1. The Morgan fingerprint density at radius 2 is 1.75 bits per heavy atom. The van der Waals surface area contributed by atoms with Gasteiger partial charge in [0, 0.05) is 20.4 Å². The van der Waals surface area contributed by atoms with E-state index in [0.29, 0.717) is 16.8 Å². The zero-order valence-corrected chi connectivity index (χ0v) is 10.6. The number of carbonyl (C=O) groups is 1. The van der Waals surface area contributed by atoms with Crippen molar-refractivity contribution in [3.05, 3.63) is 63.2 Å². The molecule has 0 radical (unpaired) electrons. The molecular weight excluding hydrogens is 313 g/mol. The van der Waals surface area contributed by atoms with E-state index < -0.39 is 0 Å². The van der Waals surface area contributed by atoms with Gasteiger partial charge in [-0.1, -0.05) is 30.3 Å². The minimum Gasteiger partial charge on any atom is -0.398 e. The summed E-state index contributed by atoms with van der Waals surface area (Å²) < 4.78 is 1.03. The number of rotatable bonds is 2. The molecule has 0 aliphatic heterocycles. The highest BCUT2D eigenvalue weighted by molar-refractivity contribution is 14.1. The summed E-state index contributed by atoms with van der Waals surface area (Å²) in [5.74, 6) is -0.0329. The lowest BCUT2D eigenvalue weighted by Gasteiger charge is -2.05. The van der Waals surface area contributed by atoms with Gasteiger partial charge in [0.15, 0.2) is 5.78 Å². The van der Waals surface area contributed by atoms with E-state index in [1.54, 1.807) is 24.3 Å². The number of anilines is 1. The van der Waals surface area contributed by atoms with Gasteiger partial charge in [-0.2, -0.15) is 0 Å². The molecule has 0 saturated heterocycles. The molecule has 0 amide bonds. The summed E-state index contributed by atoms with van der Waals surface area (Å²) in [6.45, 7) is 0. The lowest BCUT2D eigenvalue weighted by Crippen LogP contribution is -2.05. The van der Waals surface area contributed by atoms with Crippen LogP contribution in [0.4, 0.5) is 5.69 Å². The summed E-state index contributed by atoms with van der Waals surface area (Å²) >= 11 is 2.17. The Morgan fingerprint density at radius 1 is 1.06 bits per heavy atom. The second-order valence-electron chi connectivity index (χ2n) is 3.43. The molecule has 0 heterocycles. The number of hydrogen-bond donors (Lipinski definition) is 1. The highest BCUT2D eigenvalue weighted by Crippen LogP contribution is 2.19. The predicted molar refractivity (Wildman–Crippen MR) is 73.4 cm³/mol. The summed E-state index contributed by atoms with van der Waals surface area (Å²) in [6.07, 6.45) is 0. The Balaban J connectivity index is 2.42. The normalized spacial score (nSPS) is 10.1. The molecule has 0 spiro atoms. The summed E-state index contributed by atoms with van der Waals surface area (Å²) in [5.41, 5.74) is 7.59. The third-order valence-electron chi connectivity index (χ3n) is 2.29. The Labute approximate surface area is 108 Å². The Hall–Kier alpha value is -1.36. The first-order chi connectivity index (χ1) is 7.68. The lowest BCUT2D eigenvalue weighted by atomic mass is 10.0. The van der Waals surface area contributed by atoms with Crippen molar-refractivity contribution in [3.8, 4) is 0 Å². The maximum atomic E-state index is 12.1. The number of ketones is 1. The van der Waals surface area contributed by atoms with E-state index in [9.17, 15) is 4.79 Å². The van der Waals surface area contributed by atoms with E-state index in [1.165, 1.54) is 0 Å². The van der Waals surface area contributed by atoms with Crippen molar-refractivity contribution < 1.29 is 4.79 Å². The van der Waals surface area contributed by atoms with Gasteiger partial charge in [-0.15, -0.1) is 0 Å². The van der Waals surface area contributed by atoms with Crippen LogP contribution in [0.3, 0.4) is 0 Å². The van der Waals surface area contributed by atoms with Crippen molar-refractivity contribution in [2.45, 2.75) is 0 Å². The van der Waals surface area contributed by atoms with Gasteiger partial charge in [-0.3, -0.25) is 4.79 Å². The molecule has 0 aliphatic rings. The topological polar surface area (TPSA) is 43.1 Å². The van der Waals surface area contributed by atoms with Crippen molar-refractivity contribution in [2.75, 3.05) is 5.73 Å². The third-order valence-corrected chi connectivity index (χ3v) is 2.97. The molecule has 0 unspecified atom stereocenters. The molecular formula is C13H10INO. The second-order valence-corrected chi connectivity index (χ2v) is 4.67. The van der Waals surface area contributed by atoms with E-state index in [4.69, 9.17) is 5.73 Å². The van der Waals surface area contributed by atoms with Crippen LogP contribution in [0, 0.1) is 3.57 Å². The fourth-order valence-corrected chi connectivity index (χ4v) is 2.00. The Morgan fingerprint density at radius 3 is 2.38 bits per heavy atom. The van der Waals surface area contributed by atoms with Crippen LogP contribution >= 0.6 is 22.6 Å². The van der Waals surface area contributed by atoms with Crippen molar-refractivity contribution in [3.63, 3.8) is 0 Å². The van der Waals surface area contributed by atoms with E-state index in [2.05, 4.69) is 22.6 Å². The quantitative estimate of drug-likeness (QED) is 0.524. The molecule has 3 heteroatoms. The van der Waals surface area contributed by atoms with Crippen LogP contribution in [0.15, 0.2) is 48.5 Å². The van der Waals surface area contributed by atoms with Gasteiger partial charge in [0.1, 0.15) is 0 Å². The number of hydrogen-bond acceptors (Lipinski definition) is 2. The molecule has 2 nitrogen and oxygen atoms in total. The zero-order valence-electron chi connectivity index (χ0n) is 8.48. The standard InChI is InChI=1S/C13H10INO/c14-10-6-7-11(12(15)8-10)13(16)9-4-2-1-3-5-9/h1-8H,15H2. The minimum atomic E-state index is -0.0329. The van der Waals surface area contributed by atoms with Crippen LogP contribution < -0.4 is 5.73 Å². The molecule has 2 aromatic carbocycles. The minimum absolute atomic E-state index is 0.0329. The maximum absolute atomic E-state index is 12.1. The fraction of sp³-hybridized carbons (Fsp3) is 0. The largest absolute Gasteiger partial charge is 0.398 e. The van der Waals surface area contributed by atoms with Crippen LogP contribution in [0.5, 0.6) is 0 Å². The van der Waals surface area contributed by atoms with Crippen LogP contribution in [0.25, 0.3) is 0 Å². The van der Waals surface area contributed by atoms with Crippen LogP contribution in [-0.4, -0.2) is 5.78 Å². The number of nitrogen functional groups attached to an aromatic ring is 1. The summed E-state index contributed by atoms with van der Waals surface area (Å²) in [7, 11) is 0. The van der Waals surface area contributed by atoms with Crippen LogP contribution in [0.1, 0.15) is 15.9 Å². The van der Waals surface area contributed by atoms with Gasteiger partial charge in [-0.25, -0.2) is 0 Å². The summed E-state index contributed by atoms with van der Waals surface area (Å²) in [5, 5.41) is 0. The molecule has 0 saturated carbocycles. The highest BCUT2D eigenvalue weighted by Gasteiger charge is 2.11. The maximum Gasteiger partial charge on any atom is 0.195 e. The lowest BCUT2D eigenvalue weighted by molar-refractivity contribution is 0.103. The number of carbonyl (C=O) groups excluding carboxylic acids is 1. The van der Waals surface area contributed by atoms with E-state index in [1.807, 2.05) is 24.3 Å². The van der Waals surface area contributed by atoms with Crippen molar-refractivity contribution >= 4 is 34.1 Å². The molecule has 0 fully saturated rings. The fourth-order valence-electron chi connectivity index (χ4n) is 1.49. The Kier molecular flexibility index (Phi) is 3.24. The molecule has 80 valence electrons. The zero-order chi connectivity index (χ0) is 11.5. The van der Waals surface area contributed by atoms with E-state index >= 15 is 0 Å². The average Bonchev–Trinajstić information content (AvgIpc) is 2.29. The van der Waals surface area contributed by atoms with Crippen molar-refractivity contribution in [1.82, 2.24) is 0 Å². The van der Waals surface area contributed by atoms with Gasteiger partial charge in [0.25, 0.3) is 0 Å². The molecule has 16 heavy (non-hydrogen) atoms. The number of benzene rings is 2. The first-order valence-electron chi connectivity index (χ1n) is 4.83. The molecule has 0 bridgehead atoms. The van der Waals surface area contributed by atoms with Gasteiger partial charge in [-0.05, 0) is 40.8 Å². The van der Waals surface area contributed by atoms with Crippen LogP contribution in [0.2, 0.25) is 0 Å². The average molecular weight is 323 g/mol. The predicted octanol–water partition coefficient (Wildman–Crippen LogP) is 3.10.